The highest BCUT2D eigenvalue weighted by atomic mass is 16.6. The van der Waals surface area contributed by atoms with E-state index < -0.39 is 10.9 Å². The molecule has 1 aromatic carbocycles. The average molecular weight is 259 g/mol. The summed E-state index contributed by atoms with van der Waals surface area (Å²) in [4.78, 5) is 24.7. The van der Waals surface area contributed by atoms with Gasteiger partial charge in [0.2, 0.25) is 0 Å². The fourth-order valence-corrected chi connectivity index (χ4v) is 1.44. The van der Waals surface area contributed by atoms with Gasteiger partial charge in [0.15, 0.2) is 0 Å². The Balaban J connectivity index is 2.19. The summed E-state index contributed by atoms with van der Waals surface area (Å²) in [6.45, 7) is 0. The molecule has 0 amide bonds. The van der Waals surface area contributed by atoms with Crippen LogP contribution in [0, 0.1) is 10.1 Å². The lowest BCUT2D eigenvalue weighted by Gasteiger charge is -2.05. The summed E-state index contributed by atoms with van der Waals surface area (Å²) in [5, 5.41) is 22.2. The maximum Gasteiger partial charge on any atom is 0.337 e. The molecule has 7 nitrogen and oxygen atoms in total. The van der Waals surface area contributed by atoms with E-state index in [-0.39, 0.29) is 11.3 Å². The van der Waals surface area contributed by atoms with Crippen LogP contribution in [0.5, 0.6) is 0 Å². The molecule has 0 bridgehead atoms. The summed E-state index contributed by atoms with van der Waals surface area (Å²) in [6, 6.07) is 8.84. The largest absolute Gasteiger partial charge is 0.478 e. The van der Waals surface area contributed by atoms with E-state index >= 15 is 0 Å². The quantitative estimate of drug-likeness (QED) is 0.645. The summed E-state index contributed by atoms with van der Waals surface area (Å²) >= 11 is 0. The number of non-ortho nitro benzene ring substituents is 1. The first-order chi connectivity index (χ1) is 9.06. The lowest BCUT2D eigenvalue weighted by Crippen LogP contribution is -1.99. The number of rotatable bonds is 4. The minimum Gasteiger partial charge on any atom is -0.478 e. The van der Waals surface area contributed by atoms with Crippen molar-refractivity contribution in [3.63, 3.8) is 0 Å². The standard InChI is InChI=1S/C12H9N3O4/c16-12(17)8-4-5-11(13-7-8)14-9-2-1-3-10(6-9)15(18)19/h1-7H,(H,13,14)(H,16,17). The number of nitrogens with one attached hydrogen (secondary N) is 1. The van der Waals surface area contributed by atoms with Gasteiger partial charge in [-0.3, -0.25) is 10.1 Å². The highest BCUT2D eigenvalue weighted by Crippen LogP contribution is 2.20. The number of benzene rings is 1. The van der Waals surface area contributed by atoms with Crippen LogP contribution in [0.2, 0.25) is 0 Å². The molecule has 0 aliphatic heterocycles. The van der Waals surface area contributed by atoms with Crippen LogP contribution in [0.1, 0.15) is 10.4 Å². The molecule has 1 aromatic heterocycles. The number of aromatic carboxylic acids is 1. The van der Waals surface area contributed by atoms with Gasteiger partial charge in [-0.1, -0.05) is 6.07 Å². The van der Waals surface area contributed by atoms with Crippen LogP contribution in [-0.2, 0) is 0 Å². The number of nitrogens with zero attached hydrogens (tertiary/aromatic N) is 2. The van der Waals surface area contributed by atoms with Crippen molar-refractivity contribution in [1.82, 2.24) is 4.98 Å². The summed E-state index contributed by atoms with van der Waals surface area (Å²) in [6.07, 6.45) is 1.21. The molecule has 0 saturated heterocycles. The molecule has 0 spiro atoms. The highest BCUT2D eigenvalue weighted by Gasteiger charge is 2.07. The summed E-state index contributed by atoms with van der Waals surface area (Å²) in [7, 11) is 0. The van der Waals surface area contributed by atoms with Crippen molar-refractivity contribution in [3.8, 4) is 0 Å². The van der Waals surface area contributed by atoms with E-state index in [4.69, 9.17) is 5.11 Å². The SMILES string of the molecule is O=C(O)c1ccc(Nc2cccc([N+](=O)[O-])c2)nc1. The topological polar surface area (TPSA) is 105 Å². The van der Waals surface area contributed by atoms with E-state index in [0.29, 0.717) is 11.5 Å². The van der Waals surface area contributed by atoms with Gasteiger partial charge in [0, 0.05) is 24.0 Å². The Hall–Kier alpha value is -2.96. The van der Waals surface area contributed by atoms with Crippen LogP contribution in [-0.4, -0.2) is 21.0 Å². The number of carbonyl (C=O) groups is 1. The fourth-order valence-electron chi connectivity index (χ4n) is 1.44. The Bertz CT molecular complexity index is 625. The molecule has 0 unspecified atom stereocenters. The fraction of sp³-hybridized carbons (Fsp3) is 0. The van der Waals surface area contributed by atoms with Crippen LogP contribution in [0.25, 0.3) is 0 Å². The van der Waals surface area contributed by atoms with E-state index in [2.05, 4.69) is 10.3 Å². The molecule has 0 aliphatic carbocycles. The van der Waals surface area contributed by atoms with Gasteiger partial charge < -0.3 is 10.4 Å². The first kappa shape index (κ1) is 12.5. The van der Waals surface area contributed by atoms with Crippen molar-refractivity contribution in [2.24, 2.45) is 0 Å². The lowest BCUT2D eigenvalue weighted by atomic mass is 10.2. The average Bonchev–Trinajstić information content (AvgIpc) is 2.39. The summed E-state index contributed by atoms with van der Waals surface area (Å²) < 4.78 is 0. The van der Waals surface area contributed by atoms with Gasteiger partial charge in [0.25, 0.3) is 5.69 Å². The third-order valence-electron chi connectivity index (χ3n) is 2.34. The zero-order valence-corrected chi connectivity index (χ0v) is 9.61. The van der Waals surface area contributed by atoms with Gasteiger partial charge in [0.1, 0.15) is 5.82 Å². The summed E-state index contributed by atoms with van der Waals surface area (Å²) in [5.41, 5.74) is 0.543. The number of carboxylic acids is 1. The lowest BCUT2D eigenvalue weighted by molar-refractivity contribution is -0.384. The normalized spacial score (nSPS) is 9.89. The molecule has 19 heavy (non-hydrogen) atoms. The maximum absolute atomic E-state index is 10.7. The number of hydrogen-bond acceptors (Lipinski definition) is 5. The van der Waals surface area contributed by atoms with Crippen LogP contribution in [0.3, 0.4) is 0 Å². The molecule has 0 fully saturated rings. The minimum atomic E-state index is -1.06. The Morgan fingerprint density at radius 1 is 1.32 bits per heavy atom. The molecular formula is C12H9N3O4. The third-order valence-corrected chi connectivity index (χ3v) is 2.34. The Morgan fingerprint density at radius 2 is 2.11 bits per heavy atom. The van der Waals surface area contributed by atoms with Crippen molar-refractivity contribution in [3.05, 3.63) is 58.3 Å². The molecule has 1 heterocycles. The van der Waals surface area contributed by atoms with Crippen LogP contribution >= 0.6 is 0 Å². The first-order valence-corrected chi connectivity index (χ1v) is 5.27. The molecule has 96 valence electrons. The number of aromatic nitrogens is 1. The van der Waals surface area contributed by atoms with Crippen molar-refractivity contribution >= 4 is 23.2 Å². The molecule has 2 rings (SSSR count). The van der Waals surface area contributed by atoms with Crippen molar-refractivity contribution in [1.29, 1.82) is 0 Å². The monoisotopic (exact) mass is 259 g/mol. The molecule has 0 aliphatic rings. The molecule has 2 N–H and O–H groups in total. The number of anilines is 2. The summed E-state index contributed by atoms with van der Waals surface area (Å²) in [5.74, 6) is -0.653. The number of nitro benzene ring substituents is 1. The van der Waals surface area contributed by atoms with E-state index in [1.165, 1.54) is 30.5 Å². The predicted octanol–water partition coefficient (Wildman–Crippen LogP) is 2.43. The van der Waals surface area contributed by atoms with Gasteiger partial charge in [-0.2, -0.15) is 0 Å². The van der Waals surface area contributed by atoms with E-state index in [9.17, 15) is 14.9 Å². The third kappa shape index (κ3) is 3.03. The highest BCUT2D eigenvalue weighted by molar-refractivity contribution is 5.87. The van der Waals surface area contributed by atoms with Crippen molar-refractivity contribution in [2.45, 2.75) is 0 Å². The van der Waals surface area contributed by atoms with Gasteiger partial charge in [-0.25, -0.2) is 9.78 Å². The van der Waals surface area contributed by atoms with Crippen LogP contribution < -0.4 is 5.32 Å². The zero-order chi connectivity index (χ0) is 13.8. The number of hydrogen-bond donors (Lipinski definition) is 2. The second-order valence-electron chi connectivity index (χ2n) is 3.67. The molecule has 2 aromatic rings. The zero-order valence-electron chi connectivity index (χ0n) is 9.61. The Labute approximate surface area is 107 Å². The second-order valence-corrected chi connectivity index (χ2v) is 3.67. The molecule has 7 heteroatoms. The van der Waals surface area contributed by atoms with Crippen LogP contribution in [0.15, 0.2) is 42.6 Å². The van der Waals surface area contributed by atoms with Crippen LogP contribution in [0.4, 0.5) is 17.2 Å². The minimum absolute atomic E-state index is 0.0350. The van der Waals surface area contributed by atoms with Crippen molar-refractivity contribution < 1.29 is 14.8 Å². The van der Waals surface area contributed by atoms with Gasteiger partial charge in [-0.05, 0) is 18.2 Å². The number of nitro groups is 1. The van der Waals surface area contributed by atoms with E-state index in [1.807, 2.05) is 0 Å². The van der Waals surface area contributed by atoms with Crippen molar-refractivity contribution in [2.75, 3.05) is 5.32 Å². The second kappa shape index (κ2) is 5.13. The van der Waals surface area contributed by atoms with Gasteiger partial charge >= 0.3 is 5.97 Å². The number of carboxylic acid groups (broad SMARTS) is 1. The molecule has 0 atom stereocenters. The molecular weight excluding hydrogens is 250 g/mol. The van der Waals surface area contributed by atoms with E-state index in [1.54, 1.807) is 12.1 Å². The van der Waals surface area contributed by atoms with E-state index in [0.717, 1.165) is 0 Å². The molecule has 0 radical (unpaired) electrons. The smallest absolute Gasteiger partial charge is 0.337 e. The maximum atomic E-state index is 10.7. The Kier molecular flexibility index (Phi) is 3.37. The first-order valence-electron chi connectivity index (χ1n) is 5.27. The predicted molar refractivity (Wildman–Crippen MR) is 67.6 cm³/mol. The van der Waals surface area contributed by atoms with Gasteiger partial charge in [0.05, 0.1) is 10.5 Å². The Morgan fingerprint density at radius 3 is 2.68 bits per heavy atom. The van der Waals surface area contributed by atoms with Gasteiger partial charge in [-0.15, -0.1) is 0 Å². The molecule has 0 saturated carbocycles. The number of pyridine rings is 1.